The van der Waals surface area contributed by atoms with Crippen molar-refractivity contribution in [1.82, 2.24) is 14.7 Å². The van der Waals surface area contributed by atoms with Crippen LogP contribution in [0.5, 0.6) is 5.75 Å². The molecule has 3 heterocycles. The first-order valence-corrected chi connectivity index (χ1v) is 10.8. The average molecular weight is 406 g/mol. The number of rotatable bonds is 3. The number of amides is 1. The molecule has 0 spiro atoms. The molecule has 0 aliphatic carbocycles. The van der Waals surface area contributed by atoms with Crippen molar-refractivity contribution in [2.45, 2.75) is 19.8 Å². The zero-order valence-corrected chi connectivity index (χ0v) is 18.2. The molecular formula is C25H31N3O2. The van der Waals surface area contributed by atoms with Crippen molar-refractivity contribution in [3.63, 3.8) is 0 Å². The number of allylic oxidation sites excluding steroid dienone is 4. The molecule has 0 aromatic heterocycles. The Bertz CT molecular complexity index is 928. The number of hydrogen-bond donors (Lipinski definition) is 0. The highest BCUT2D eigenvalue weighted by atomic mass is 16.5. The van der Waals surface area contributed by atoms with Crippen molar-refractivity contribution in [1.29, 1.82) is 0 Å². The van der Waals surface area contributed by atoms with Crippen molar-refractivity contribution in [3.05, 3.63) is 71.7 Å². The molecule has 1 aromatic rings. The first-order chi connectivity index (χ1) is 14.5. The van der Waals surface area contributed by atoms with Crippen LogP contribution in [-0.2, 0) is 4.79 Å². The van der Waals surface area contributed by atoms with E-state index in [4.69, 9.17) is 4.74 Å². The number of benzene rings is 1. The third-order valence-electron chi connectivity index (χ3n) is 6.18. The lowest BCUT2D eigenvalue weighted by molar-refractivity contribution is -0.122. The normalized spacial score (nSPS) is 23.0. The van der Waals surface area contributed by atoms with Crippen LogP contribution in [-0.4, -0.2) is 60.9 Å². The maximum atomic E-state index is 13.3. The second kappa shape index (κ2) is 8.92. The number of likely N-dealkylation sites (N-methyl/N-ethyl adjacent to an activating group) is 1. The summed E-state index contributed by atoms with van der Waals surface area (Å²) in [4.78, 5) is 19.9. The lowest BCUT2D eigenvalue weighted by atomic mass is 9.89. The summed E-state index contributed by atoms with van der Waals surface area (Å²) in [5.41, 5.74) is 4.17. The molecule has 5 nitrogen and oxygen atoms in total. The molecule has 1 saturated heterocycles. The minimum Gasteiger partial charge on any atom is -0.497 e. The van der Waals surface area contributed by atoms with E-state index in [1.165, 1.54) is 0 Å². The molecule has 1 amide bonds. The summed E-state index contributed by atoms with van der Waals surface area (Å²) < 4.78 is 5.39. The Morgan fingerprint density at radius 2 is 1.90 bits per heavy atom. The van der Waals surface area contributed by atoms with Gasteiger partial charge in [0, 0.05) is 37.6 Å². The Balaban J connectivity index is 1.63. The average Bonchev–Trinajstić information content (AvgIpc) is 2.99. The molecule has 30 heavy (non-hydrogen) atoms. The Morgan fingerprint density at radius 1 is 1.07 bits per heavy atom. The second-order valence-electron chi connectivity index (χ2n) is 8.34. The van der Waals surface area contributed by atoms with Gasteiger partial charge in [-0.05, 0) is 67.8 Å². The van der Waals surface area contributed by atoms with Gasteiger partial charge in [-0.2, -0.15) is 0 Å². The van der Waals surface area contributed by atoms with Crippen LogP contribution < -0.4 is 4.74 Å². The molecule has 158 valence electrons. The van der Waals surface area contributed by atoms with E-state index in [1.54, 1.807) is 18.1 Å². The summed E-state index contributed by atoms with van der Waals surface area (Å²) >= 11 is 0. The molecule has 0 N–H and O–H groups in total. The third-order valence-corrected chi connectivity index (χ3v) is 6.18. The summed E-state index contributed by atoms with van der Waals surface area (Å²) in [7, 11) is 3.84. The van der Waals surface area contributed by atoms with E-state index >= 15 is 0 Å². The van der Waals surface area contributed by atoms with Gasteiger partial charge >= 0.3 is 0 Å². The molecule has 1 aromatic carbocycles. The Morgan fingerprint density at radius 3 is 2.73 bits per heavy atom. The van der Waals surface area contributed by atoms with E-state index in [-0.39, 0.29) is 11.8 Å². The highest BCUT2D eigenvalue weighted by Gasteiger charge is 2.24. The smallest absolute Gasteiger partial charge is 0.255 e. The lowest BCUT2D eigenvalue weighted by Gasteiger charge is -2.31. The van der Waals surface area contributed by atoms with Gasteiger partial charge in [0.2, 0.25) is 0 Å². The zero-order chi connectivity index (χ0) is 21.1. The SMILES string of the molecule is COc1cccc(C2=CC(=O)N3C=C(N4CCCN(C)CC4)C=CC3=CCC2C)c1. The van der Waals surface area contributed by atoms with Gasteiger partial charge in [-0.3, -0.25) is 9.69 Å². The van der Waals surface area contributed by atoms with Crippen molar-refractivity contribution in [3.8, 4) is 5.75 Å². The van der Waals surface area contributed by atoms with E-state index in [2.05, 4.69) is 48.1 Å². The number of carbonyl (C=O) groups excluding carboxylic acids is 1. The quantitative estimate of drug-likeness (QED) is 0.765. The minimum absolute atomic E-state index is 0.000546. The largest absolute Gasteiger partial charge is 0.497 e. The molecule has 5 heteroatoms. The van der Waals surface area contributed by atoms with Crippen LogP contribution in [0.3, 0.4) is 0 Å². The fourth-order valence-electron chi connectivity index (χ4n) is 4.29. The third kappa shape index (κ3) is 4.36. The molecular weight excluding hydrogens is 374 g/mol. The van der Waals surface area contributed by atoms with Crippen LogP contribution >= 0.6 is 0 Å². The van der Waals surface area contributed by atoms with E-state index < -0.39 is 0 Å². The summed E-state index contributed by atoms with van der Waals surface area (Å²) in [6.45, 7) is 6.33. The summed E-state index contributed by atoms with van der Waals surface area (Å²) in [6, 6.07) is 7.97. The number of fused-ring (bicyclic) bond motifs is 1. The Kier molecular flexibility index (Phi) is 6.09. The van der Waals surface area contributed by atoms with E-state index in [0.29, 0.717) is 0 Å². The topological polar surface area (TPSA) is 36.0 Å². The van der Waals surface area contributed by atoms with Crippen LogP contribution in [0.25, 0.3) is 5.57 Å². The predicted molar refractivity (Wildman–Crippen MR) is 121 cm³/mol. The first-order valence-electron chi connectivity index (χ1n) is 10.8. The van der Waals surface area contributed by atoms with Gasteiger partial charge in [0.1, 0.15) is 5.75 Å². The number of carbonyl (C=O) groups is 1. The monoisotopic (exact) mass is 405 g/mol. The second-order valence-corrected chi connectivity index (χ2v) is 8.34. The molecule has 1 unspecified atom stereocenters. The van der Waals surface area contributed by atoms with Gasteiger partial charge in [-0.25, -0.2) is 0 Å². The van der Waals surface area contributed by atoms with E-state index in [1.807, 2.05) is 24.4 Å². The van der Waals surface area contributed by atoms with Crippen molar-refractivity contribution in [2.75, 3.05) is 40.3 Å². The molecule has 1 fully saturated rings. The molecule has 4 rings (SSSR count). The van der Waals surface area contributed by atoms with Gasteiger partial charge in [-0.1, -0.05) is 25.1 Å². The number of hydrogen-bond acceptors (Lipinski definition) is 4. The molecule has 0 bridgehead atoms. The maximum absolute atomic E-state index is 13.3. The molecule has 1 atom stereocenters. The number of ether oxygens (including phenoxy) is 1. The Labute approximate surface area is 179 Å². The van der Waals surface area contributed by atoms with Gasteiger partial charge < -0.3 is 14.5 Å². The first kappa shape index (κ1) is 20.5. The van der Waals surface area contributed by atoms with Crippen molar-refractivity contribution in [2.24, 2.45) is 5.92 Å². The van der Waals surface area contributed by atoms with E-state index in [9.17, 15) is 4.79 Å². The van der Waals surface area contributed by atoms with Crippen LogP contribution in [0, 0.1) is 5.92 Å². The van der Waals surface area contributed by atoms with Crippen LogP contribution in [0.15, 0.2) is 66.2 Å². The van der Waals surface area contributed by atoms with Gasteiger partial charge in [0.25, 0.3) is 5.91 Å². The predicted octanol–water partition coefficient (Wildman–Crippen LogP) is 3.88. The van der Waals surface area contributed by atoms with Crippen LogP contribution in [0.4, 0.5) is 0 Å². The molecule has 0 radical (unpaired) electrons. The summed E-state index contributed by atoms with van der Waals surface area (Å²) in [6.07, 6.45) is 12.2. The molecule has 3 aliphatic rings. The highest BCUT2D eigenvalue weighted by molar-refractivity contribution is 5.98. The van der Waals surface area contributed by atoms with E-state index in [0.717, 1.165) is 67.3 Å². The molecule has 0 saturated carbocycles. The van der Waals surface area contributed by atoms with Gasteiger partial charge in [0.05, 0.1) is 12.8 Å². The standard InChI is InChI=1S/C25H31N3O2/c1-19-8-9-21-10-11-22(27-13-5-12-26(2)14-15-27)18-28(21)25(29)17-24(19)20-6-4-7-23(16-20)30-3/h4,6-7,9-11,16-19H,5,8,12-15H2,1-3H3. The maximum Gasteiger partial charge on any atom is 0.255 e. The van der Waals surface area contributed by atoms with Crippen LogP contribution in [0.2, 0.25) is 0 Å². The van der Waals surface area contributed by atoms with Crippen molar-refractivity contribution < 1.29 is 9.53 Å². The summed E-state index contributed by atoms with van der Waals surface area (Å²) in [5, 5.41) is 0. The molecule has 3 aliphatic heterocycles. The fourth-order valence-corrected chi connectivity index (χ4v) is 4.29. The summed E-state index contributed by atoms with van der Waals surface area (Å²) in [5.74, 6) is 1.05. The Hall–Kier alpha value is -2.79. The van der Waals surface area contributed by atoms with Crippen molar-refractivity contribution >= 4 is 11.5 Å². The number of nitrogens with zero attached hydrogens (tertiary/aromatic N) is 3. The van der Waals surface area contributed by atoms with Crippen LogP contribution in [0.1, 0.15) is 25.3 Å². The highest BCUT2D eigenvalue weighted by Crippen LogP contribution is 2.32. The van der Waals surface area contributed by atoms with Gasteiger partial charge in [0.15, 0.2) is 0 Å². The fraction of sp³-hybridized carbons (Fsp3) is 0.400. The lowest BCUT2D eigenvalue weighted by Crippen LogP contribution is -2.33. The number of methoxy groups -OCH3 is 1. The minimum atomic E-state index is -0.000546. The van der Waals surface area contributed by atoms with Gasteiger partial charge in [-0.15, -0.1) is 0 Å². The zero-order valence-electron chi connectivity index (χ0n) is 18.2.